The Morgan fingerprint density at radius 2 is 2.19 bits per heavy atom. The molecule has 1 aliphatic heterocycles. The summed E-state index contributed by atoms with van der Waals surface area (Å²) in [5, 5.41) is 3.79. The Morgan fingerprint density at radius 1 is 1.43 bits per heavy atom. The fourth-order valence-electron chi connectivity index (χ4n) is 2.04. The normalized spacial score (nSPS) is 15.8. The second kappa shape index (κ2) is 7.00. The van der Waals surface area contributed by atoms with Gasteiger partial charge in [0.1, 0.15) is 6.61 Å². The molecular formula is C14H16Cl2N2O3. The third-order valence-corrected chi connectivity index (χ3v) is 4.01. The Kier molecular flexibility index (Phi) is 5.31. The van der Waals surface area contributed by atoms with E-state index in [0.29, 0.717) is 29.7 Å². The monoisotopic (exact) mass is 330 g/mol. The maximum Gasteiger partial charge on any atom is 0.409 e. The first-order chi connectivity index (χ1) is 9.97. The lowest BCUT2D eigenvalue weighted by Crippen LogP contribution is -2.32. The number of cyclic esters (lactones) is 1. The van der Waals surface area contributed by atoms with Crippen LogP contribution in [0.5, 0.6) is 0 Å². The average molecular weight is 331 g/mol. The summed E-state index contributed by atoms with van der Waals surface area (Å²) in [5.74, 6) is -0.131. The molecule has 1 heterocycles. The molecule has 0 bridgehead atoms. The molecular weight excluding hydrogens is 315 g/mol. The maximum absolute atomic E-state index is 11.9. The molecule has 1 aromatic carbocycles. The summed E-state index contributed by atoms with van der Waals surface area (Å²) in [6.45, 7) is 3.15. The van der Waals surface area contributed by atoms with Crippen LogP contribution in [0, 0.1) is 0 Å². The Balaban J connectivity index is 1.84. The quantitative estimate of drug-likeness (QED) is 0.902. The first kappa shape index (κ1) is 15.9. The van der Waals surface area contributed by atoms with Crippen LogP contribution in [0.2, 0.25) is 10.0 Å². The highest BCUT2D eigenvalue weighted by atomic mass is 35.5. The van der Waals surface area contributed by atoms with Crippen molar-refractivity contribution in [3.05, 3.63) is 33.8 Å². The number of amides is 2. The van der Waals surface area contributed by atoms with Crippen LogP contribution in [-0.2, 0) is 9.53 Å². The van der Waals surface area contributed by atoms with Crippen molar-refractivity contribution in [2.24, 2.45) is 0 Å². The van der Waals surface area contributed by atoms with E-state index in [9.17, 15) is 9.59 Å². The van der Waals surface area contributed by atoms with Crippen molar-refractivity contribution < 1.29 is 14.3 Å². The zero-order valence-electron chi connectivity index (χ0n) is 11.6. The van der Waals surface area contributed by atoms with Gasteiger partial charge in [0.15, 0.2) is 0 Å². The van der Waals surface area contributed by atoms with E-state index < -0.39 is 0 Å². The van der Waals surface area contributed by atoms with E-state index in [1.54, 1.807) is 12.1 Å². The van der Waals surface area contributed by atoms with Crippen LogP contribution in [0.4, 0.5) is 4.79 Å². The number of carbonyl (C=O) groups is 2. The van der Waals surface area contributed by atoms with Gasteiger partial charge in [0.2, 0.25) is 5.91 Å². The molecule has 114 valence electrons. The molecule has 0 spiro atoms. The molecule has 2 rings (SSSR count). The van der Waals surface area contributed by atoms with Gasteiger partial charge in [-0.05, 0) is 24.6 Å². The smallest absolute Gasteiger partial charge is 0.409 e. The van der Waals surface area contributed by atoms with Crippen molar-refractivity contribution in [2.45, 2.75) is 19.4 Å². The summed E-state index contributed by atoms with van der Waals surface area (Å²) in [4.78, 5) is 24.7. The Hall–Kier alpha value is -1.46. The van der Waals surface area contributed by atoms with Crippen LogP contribution in [0.25, 0.3) is 0 Å². The summed E-state index contributed by atoms with van der Waals surface area (Å²) >= 11 is 11.8. The molecule has 0 aliphatic carbocycles. The molecule has 7 heteroatoms. The second-order valence-electron chi connectivity index (χ2n) is 4.81. The van der Waals surface area contributed by atoms with Gasteiger partial charge in [0.25, 0.3) is 0 Å². The fourth-order valence-corrected chi connectivity index (χ4v) is 2.35. The SMILES string of the molecule is C[C@@H](NC(=O)CCN1CCOC1=O)c1ccc(Cl)c(Cl)c1. The van der Waals surface area contributed by atoms with Crippen molar-refractivity contribution in [3.63, 3.8) is 0 Å². The minimum absolute atomic E-state index is 0.131. The molecule has 21 heavy (non-hydrogen) atoms. The topological polar surface area (TPSA) is 58.6 Å². The van der Waals surface area contributed by atoms with Crippen LogP contribution in [-0.4, -0.2) is 36.6 Å². The van der Waals surface area contributed by atoms with Crippen LogP contribution >= 0.6 is 23.2 Å². The molecule has 0 radical (unpaired) electrons. The van der Waals surface area contributed by atoms with E-state index in [-0.39, 0.29) is 24.5 Å². The van der Waals surface area contributed by atoms with Gasteiger partial charge in [0.05, 0.1) is 22.6 Å². The van der Waals surface area contributed by atoms with E-state index in [2.05, 4.69) is 5.32 Å². The highest BCUT2D eigenvalue weighted by Gasteiger charge is 2.22. The molecule has 2 amide bonds. The third kappa shape index (κ3) is 4.25. The molecule has 1 fully saturated rings. The van der Waals surface area contributed by atoms with E-state index in [1.165, 1.54) is 4.90 Å². The molecule has 1 atom stereocenters. The fraction of sp³-hybridized carbons (Fsp3) is 0.429. The standard InChI is InChI=1S/C14H16Cl2N2O3/c1-9(10-2-3-11(15)12(16)8-10)17-13(19)4-5-18-6-7-21-14(18)20/h2-3,8-9H,4-7H2,1H3,(H,17,19)/t9-/m1/s1. The molecule has 1 aromatic rings. The number of rotatable bonds is 5. The first-order valence-corrected chi connectivity index (χ1v) is 7.39. The molecule has 0 unspecified atom stereocenters. The van der Waals surface area contributed by atoms with Gasteiger partial charge in [-0.3, -0.25) is 4.79 Å². The van der Waals surface area contributed by atoms with Gasteiger partial charge in [-0.15, -0.1) is 0 Å². The molecule has 5 nitrogen and oxygen atoms in total. The number of benzene rings is 1. The number of nitrogens with one attached hydrogen (secondary N) is 1. The van der Waals surface area contributed by atoms with Crippen LogP contribution in [0.3, 0.4) is 0 Å². The van der Waals surface area contributed by atoms with E-state index in [4.69, 9.17) is 27.9 Å². The van der Waals surface area contributed by atoms with Crippen molar-refractivity contribution in [2.75, 3.05) is 19.7 Å². The lowest BCUT2D eigenvalue weighted by atomic mass is 10.1. The van der Waals surface area contributed by atoms with Crippen LogP contribution in [0.1, 0.15) is 24.9 Å². The van der Waals surface area contributed by atoms with Crippen molar-refractivity contribution >= 4 is 35.2 Å². The van der Waals surface area contributed by atoms with E-state index >= 15 is 0 Å². The summed E-state index contributed by atoms with van der Waals surface area (Å²) in [7, 11) is 0. The van der Waals surface area contributed by atoms with Gasteiger partial charge in [0, 0.05) is 13.0 Å². The molecule has 0 aromatic heterocycles. The van der Waals surface area contributed by atoms with Crippen molar-refractivity contribution in [1.29, 1.82) is 0 Å². The minimum Gasteiger partial charge on any atom is -0.448 e. The predicted molar refractivity (Wildman–Crippen MR) is 80.6 cm³/mol. The van der Waals surface area contributed by atoms with Gasteiger partial charge in [-0.1, -0.05) is 29.3 Å². The first-order valence-electron chi connectivity index (χ1n) is 6.63. The number of ether oxygens (including phenoxy) is 1. The number of nitrogens with zero attached hydrogens (tertiary/aromatic N) is 1. The number of halogens is 2. The molecule has 0 saturated carbocycles. The molecule has 1 saturated heterocycles. The lowest BCUT2D eigenvalue weighted by molar-refractivity contribution is -0.121. The Labute approximate surface area is 133 Å². The predicted octanol–water partition coefficient (Wildman–Crippen LogP) is 3.01. The highest BCUT2D eigenvalue weighted by Crippen LogP contribution is 2.25. The molecule has 1 aliphatic rings. The maximum atomic E-state index is 11.9. The van der Waals surface area contributed by atoms with E-state index in [0.717, 1.165) is 5.56 Å². The van der Waals surface area contributed by atoms with Crippen LogP contribution < -0.4 is 5.32 Å². The summed E-state index contributed by atoms with van der Waals surface area (Å²) in [5.41, 5.74) is 0.873. The second-order valence-corrected chi connectivity index (χ2v) is 5.63. The summed E-state index contributed by atoms with van der Waals surface area (Å²) < 4.78 is 4.80. The summed E-state index contributed by atoms with van der Waals surface area (Å²) in [6.07, 6.45) is -0.124. The van der Waals surface area contributed by atoms with E-state index in [1.807, 2.05) is 13.0 Å². The third-order valence-electron chi connectivity index (χ3n) is 3.27. The number of hydrogen-bond donors (Lipinski definition) is 1. The minimum atomic E-state index is -0.361. The lowest BCUT2D eigenvalue weighted by Gasteiger charge is -2.16. The number of hydrogen-bond acceptors (Lipinski definition) is 3. The Bertz CT molecular complexity index is 551. The zero-order valence-corrected chi connectivity index (χ0v) is 13.1. The zero-order chi connectivity index (χ0) is 15.4. The Morgan fingerprint density at radius 3 is 2.81 bits per heavy atom. The molecule has 1 N–H and O–H groups in total. The largest absolute Gasteiger partial charge is 0.448 e. The van der Waals surface area contributed by atoms with Gasteiger partial charge >= 0.3 is 6.09 Å². The number of carbonyl (C=O) groups excluding carboxylic acids is 2. The van der Waals surface area contributed by atoms with Gasteiger partial charge in [-0.25, -0.2) is 4.79 Å². The van der Waals surface area contributed by atoms with Gasteiger partial charge < -0.3 is 15.0 Å². The summed E-state index contributed by atoms with van der Waals surface area (Å²) in [6, 6.07) is 5.06. The van der Waals surface area contributed by atoms with Crippen molar-refractivity contribution in [3.8, 4) is 0 Å². The average Bonchev–Trinajstić information content (AvgIpc) is 2.85. The van der Waals surface area contributed by atoms with Crippen LogP contribution in [0.15, 0.2) is 18.2 Å². The van der Waals surface area contributed by atoms with Crippen molar-refractivity contribution in [1.82, 2.24) is 10.2 Å². The highest BCUT2D eigenvalue weighted by molar-refractivity contribution is 6.42. The van der Waals surface area contributed by atoms with Gasteiger partial charge in [-0.2, -0.15) is 0 Å².